The molecule has 32 heavy (non-hydrogen) atoms. The highest BCUT2D eigenvalue weighted by atomic mass is 32.2. The van der Waals surface area contributed by atoms with E-state index < -0.39 is 50.5 Å². The maximum Gasteiger partial charge on any atom is 0.331 e. The average Bonchev–Trinajstić information content (AvgIpc) is 2.99. The number of rotatable bonds is 6. The number of sulfonamides is 1. The number of hydrogen-bond donors (Lipinski definition) is 2. The maximum absolute atomic E-state index is 13.4. The van der Waals surface area contributed by atoms with Crippen LogP contribution in [0.4, 0.5) is 15.8 Å². The van der Waals surface area contributed by atoms with E-state index >= 15 is 0 Å². The molecule has 2 atom stereocenters. The van der Waals surface area contributed by atoms with Crippen LogP contribution in [0.3, 0.4) is 0 Å². The summed E-state index contributed by atoms with van der Waals surface area (Å²) in [6, 6.07) is 7.72. The number of nitrogens with one attached hydrogen (secondary N) is 2. The quantitative estimate of drug-likeness (QED) is 0.374. The van der Waals surface area contributed by atoms with Gasteiger partial charge < -0.3 is 10.1 Å². The highest BCUT2D eigenvalue weighted by Gasteiger charge is 2.32. The van der Waals surface area contributed by atoms with Crippen LogP contribution in [-0.2, 0) is 24.3 Å². The van der Waals surface area contributed by atoms with Crippen LogP contribution >= 0.6 is 0 Å². The Hall–Kier alpha value is -3.87. The number of anilines is 1. The van der Waals surface area contributed by atoms with Gasteiger partial charge in [0.2, 0.25) is 5.82 Å². The molecular weight excluding hydrogens is 447 g/mol. The summed E-state index contributed by atoms with van der Waals surface area (Å²) >= 11 is 0. The standard InChI is InChI=1S/C19H17FN4O7S/c1-10(21-17-13-5-3-4-6-16(13)32(29,30)23-17)19(26)31-11(2)18(25)22-12-7-8-14(20)15(9-12)24(27)28/h3-11H,1-2H3,(H,21,23)(H,22,25)/t10-,11?/m0/s1. The number of aliphatic imine (C=N–C) groups is 1. The van der Waals surface area contributed by atoms with Crippen molar-refractivity contribution in [2.45, 2.75) is 30.9 Å². The number of carbonyl (C=O) groups is 2. The molecule has 168 valence electrons. The topological polar surface area (TPSA) is 157 Å². The number of benzene rings is 2. The van der Waals surface area contributed by atoms with Crippen molar-refractivity contribution < 1.29 is 32.1 Å². The van der Waals surface area contributed by atoms with Gasteiger partial charge in [-0.15, -0.1) is 0 Å². The van der Waals surface area contributed by atoms with Crippen molar-refractivity contribution in [3.05, 3.63) is 64.0 Å². The molecule has 1 aliphatic heterocycles. The van der Waals surface area contributed by atoms with E-state index in [-0.39, 0.29) is 16.4 Å². The number of amides is 1. The number of nitrogens with zero attached hydrogens (tertiary/aromatic N) is 2. The van der Waals surface area contributed by atoms with Gasteiger partial charge in [-0.2, -0.15) is 4.39 Å². The lowest BCUT2D eigenvalue weighted by Crippen LogP contribution is -2.34. The summed E-state index contributed by atoms with van der Waals surface area (Å²) in [4.78, 5) is 38.5. The van der Waals surface area contributed by atoms with E-state index in [1.165, 1.54) is 26.0 Å². The Bertz CT molecular complexity index is 1250. The van der Waals surface area contributed by atoms with Crippen LogP contribution in [0.2, 0.25) is 0 Å². The molecular formula is C19H17FN4O7S. The first-order chi connectivity index (χ1) is 15.0. The zero-order chi connectivity index (χ0) is 23.6. The van der Waals surface area contributed by atoms with E-state index in [1.807, 2.05) is 0 Å². The van der Waals surface area contributed by atoms with Crippen molar-refractivity contribution in [3.8, 4) is 0 Å². The summed E-state index contributed by atoms with van der Waals surface area (Å²) in [5.74, 6) is -2.81. The Kier molecular flexibility index (Phi) is 6.20. The Labute approximate surface area is 181 Å². The second-order valence-electron chi connectivity index (χ2n) is 6.75. The van der Waals surface area contributed by atoms with Gasteiger partial charge in [-0.3, -0.25) is 24.6 Å². The van der Waals surface area contributed by atoms with E-state index in [9.17, 15) is 32.5 Å². The van der Waals surface area contributed by atoms with E-state index in [1.54, 1.807) is 12.1 Å². The molecule has 0 saturated carbocycles. The first kappa shape index (κ1) is 22.8. The summed E-state index contributed by atoms with van der Waals surface area (Å²) in [6.45, 7) is 2.62. The highest BCUT2D eigenvalue weighted by Crippen LogP contribution is 2.23. The number of hydrogen-bond acceptors (Lipinski definition) is 8. The van der Waals surface area contributed by atoms with Crippen LogP contribution in [0.1, 0.15) is 19.4 Å². The average molecular weight is 464 g/mol. The minimum absolute atomic E-state index is 0.0271. The zero-order valence-electron chi connectivity index (χ0n) is 16.7. The van der Waals surface area contributed by atoms with Crippen molar-refractivity contribution in [3.63, 3.8) is 0 Å². The van der Waals surface area contributed by atoms with Gasteiger partial charge in [0.1, 0.15) is 11.9 Å². The second kappa shape index (κ2) is 8.70. The largest absolute Gasteiger partial charge is 0.451 e. The van der Waals surface area contributed by atoms with E-state index in [0.29, 0.717) is 5.56 Å². The van der Waals surface area contributed by atoms with Gasteiger partial charge in [0.15, 0.2) is 6.10 Å². The maximum atomic E-state index is 13.4. The van der Waals surface area contributed by atoms with E-state index in [4.69, 9.17) is 4.74 Å². The monoisotopic (exact) mass is 464 g/mol. The Morgan fingerprint density at radius 3 is 2.59 bits per heavy atom. The molecule has 1 unspecified atom stereocenters. The number of esters is 1. The molecule has 2 aromatic carbocycles. The van der Waals surface area contributed by atoms with Crippen molar-refractivity contribution in [1.29, 1.82) is 0 Å². The molecule has 13 heteroatoms. The smallest absolute Gasteiger partial charge is 0.331 e. The number of ether oxygens (including phenoxy) is 1. The first-order valence-electron chi connectivity index (χ1n) is 9.15. The van der Waals surface area contributed by atoms with E-state index in [0.717, 1.165) is 18.2 Å². The predicted octanol–water partition coefficient (Wildman–Crippen LogP) is 1.73. The molecule has 1 heterocycles. The molecule has 0 spiro atoms. The van der Waals surface area contributed by atoms with Gasteiger partial charge in [-0.1, -0.05) is 12.1 Å². The van der Waals surface area contributed by atoms with Crippen LogP contribution < -0.4 is 10.0 Å². The molecule has 0 fully saturated rings. The molecule has 2 N–H and O–H groups in total. The normalized spacial score (nSPS) is 17.0. The van der Waals surface area contributed by atoms with Crippen molar-refractivity contribution in [2.24, 2.45) is 4.99 Å². The van der Waals surface area contributed by atoms with Gasteiger partial charge in [0.25, 0.3) is 15.9 Å². The lowest BCUT2D eigenvalue weighted by molar-refractivity contribution is -0.387. The van der Waals surface area contributed by atoms with Crippen molar-refractivity contribution >= 4 is 39.1 Å². The second-order valence-corrected chi connectivity index (χ2v) is 8.40. The minimum Gasteiger partial charge on any atom is -0.451 e. The lowest BCUT2D eigenvalue weighted by atomic mass is 10.2. The molecule has 2 aromatic rings. The number of nitro benzene ring substituents is 1. The Morgan fingerprint density at radius 1 is 1.22 bits per heavy atom. The SMILES string of the molecule is CC(OC(=O)[C@H](C)N=C1NS(=O)(=O)c2ccccc21)C(=O)Nc1ccc(F)c([N+](=O)[O-])c1. The van der Waals surface area contributed by atoms with Crippen LogP contribution in [-0.4, -0.2) is 43.2 Å². The summed E-state index contributed by atoms with van der Waals surface area (Å²) in [7, 11) is -3.78. The number of halogens is 1. The lowest BCUT2D eigenvalue weighted by Gasteiger charge is -2.15. The van der Waals surface area contributed by atoms with Gasteiger partial charge in [0.05, 0.1) is 9.82 Å². The van der Waals surface area contributed by atoms with Crippen LogP contribution in [0.15, 0.2) is 52.4 Å². The number of fused-ring (bicyclic) bond motifs is 1. The van der Waals surface area contributed by atoms with Crippen LogP contribution in [0.25, 0.3) is 0 Å². The third kappa shape index (κ3) is 4.72. The van der Waals surface area contributed by atoms with E-state index in [2.05, 4.69) is 15.0 Å². The molecule has 3 rings (SSSR count). The number of amidine groups is 1. The van der Waals surface area contributed by atoms with Gasteiger partial charge >= 0.3 is 11.7 Å². The van der Waals surface area contributed by atoms with Crippen LogP contribution in [0, 0.1) is 15.9 Å². The molecule has 1 amide bonds. The summed E-state index contributed by atoms with van der Waals surface area (Å²) in [6.07, 6.45) is -1.32. The van der Waals surface area contributed by atoms with Crippen molar-refractivity contribution in [1.82, 2.24) is 4.72 Å². The van der Waals surface area contributed by atoms with Crippen molar-refractivity contribution in [2.75, 3.05) is 5.32 Å². The molecule has 1 aliphatic rings. The molecule has 0 saturated heterocycles. The molecule has 0 aromatic heterocycles. The summed E-state index contributed by atoms with van der Waals surface area (Å²) in [5, 5.41) is 13.1. The molecule has 11 nitrogen and oxygen atoms in total. The van der Waals surface area contributed by atoms with Gasteiger partial charge in [-0.25, -0.2) is 13.2 Å². The van der Waals surface area contributed by atoms with Crippen LogP contribution in [0.5, 0.6) is 0 Å². The summed E-state index contributed by atoms with van der Waals surface area (Å²) in [5.41, 5.74) is -0.580. The zero-order valence-corrected chi connectivity index (χ0v) is 17.6. The fourth-order valence-corrected chi connectivity index (χ4v) is 4.02. The fraction of sp³-hybridized carbons (Fsp3) is 0.211. The molecule has 0 radical (unpaired) electrons. The highest BCUT2D eigenvalue weighted by molar-refractivity contribution is 7.90. The first-order valence-corrected chi connectivity index (χ1v) is 10.6. The number of carbonyl (C=O) groups excluding carboxylic acids is 2. The Balaban J connectivity index is 1.67. The Morgan fingerprint density at radius 2 is 1.91 bits per heavy atom. The van der Waals surface area contributed by atoms with Gasteiger partial charge in [0, 0.05) is 17.3 Å². The number of nitro groups is 1. The molecule has 0 aliphatic carbocycles. The van der Waals surface area contributed by atoms with Gasteiger partial charge in [-0.05, 0) is 38.1 Å². The molecule has 0 bridgehead atoms. The fourth-order valence-electron chi connectivity index (χ4n) is 2.78. The summed E-state index contributed by atoms with van der Waals surface area (Å²) < 4.78 is 45.0. The third-order valence-electron chi connectivity index (χ3n) is 4.40. The minimum atomic E-state index is -3.78. The predicted molar refractivity (Wildman–Crippen MR) is 110 cm³/mol. The third-order valence-corrected chi connectivity index (χ3v) is 5.80.